The normalized spacial score (nSPS) is 22.0. The SMILES string of the molecule is c1ccc(-c2nc(-c3ccc(-n4c5ccccc5c5c6oc7ccccc7c6c6sc7ccccc7c6c54)cc3)nc(C34CC5CC(CC(C5)C3)C4)n2)cc1. The van der Waals surface area contributed by atoms with E-state index in [1.165, 1.54) is 75.0 Å². The quantitative estimate of drug-likeness (QED) is 0.181. The van der Waals surface area contributed by atoms with Gasteiger partial charge in [0.1, 0.15) is 17.0 Å². The summed E-state index contributed by atoms with van der Waals surface area (Å²) in [5, 5.41) is 7.27. The Hall–Kier alpha value is -5.85. The van der Waals surface area contributed by atoms with Gasteiger partial charge in [0.05, 0.1) is 16.4 Å². The van der Waals surface area contributed by atoms with Gasteiger partial charge in [-0.25, -0.2) is 15.0 Å². The average molecular weight is 729 g/mol. The molecule has 0 radical (unpaired) electrons. The van der Waals surface area contributed by atoms with Crippen LogP contribution in [0.1, 0.15) is 44.3 Å². The zero-order valence-corrected chi connectivity index (χ0v) is 31.0. The van der Waals surface area contributed by atoms with Crippen LogP contribution < -0.4 is 0 Å². The molecule has 4 saturated carbocycles. The number of thiophene rings is 1. The van der Waals surface area contributed by atoms with Gasteiger partial charge < -0.3 is 8.98 Å². The smallest absolute Gasteiger partial charge is 0.163 e. The molecule has 4 bridgehead atoms. The van der Waals surface area contributed by atoms with Crippen LogP contribution in [-0.2, 0) is 5.41 Å². The molecule has 0 amide bonds. The van der Waals surface area contributed by atoms with E-state index < -0.39 is 0 Å². The van der Waals surface area contributed by atoms with Gasteiger partial charge in [-0.2, -0.15) is 0 Å². The number of fused-ring (bicyclic) bond motifs is 12. The number of hydrogen-bond acceptors (Lipinski definition) is 5. The van der Waals surface area contributed by atoms with Crippen LogP contribution >= 0.6 is 11.3 Å². The third kappa shape index (κ3) is 4.32. The van der Waals surface area contributed by atoms with Crippen molar-refractivity contribution in [3.63, 3.8) is 0 Å². The molecule has 14 rings (SSSR count). The van der Waals surface area contributed by atoms with Gasteiger partial charge in [-0.1, -0.05) is 84.9 Å². The number of rotatable bonds is 4. The van der Waals surface area contributed by atoms with Crippen molar-refractivity contribution in [3.8, 4) is 28.5 Å². The molecule has 10 aromatic rings. The standard InChI is InChI=1S/C49H36N4OS/c1-2-10-31(11-3-1)46-50-47(52-48(51-46)49-25-28-22-29(26-49)24-30(23-28)27-49)32-18-20-33(21-19-32)53-37-15-7-4-12-34(37)40-43(53)41-36-14-6-9-17-39(36)55-45(41)42-35-13-5-8-16-38(35)54-44(40)42/h1-21,28-30H,22-27H2. The van der Waals surface area contributed by atoms with Gasteiger partial charge in [-0.3, -0.25) is 0 Å². The Labute approximate surface area is 321 Å². The van der Waals surface area contributed by atoms with Crippen LogP contribution in [0.5, 0.6) is 0 Å². The predicted octanol–water partition coefficient (Wildman–Crippen LogP) is 13.0. The summed E-state index contributed by atoms with van der Waals surface area (Å²) in [6, 6.07) is 45.5. The lowest BCUT2D eigenvalue weighted by atomic mass is 9.49. The molecule has 5 nitrogen and oxygen atoms in total. The molecule has 0 atom stereocenters. The highest BCUT2D eigenvalue weighted by molar-refractivity contribution is 7.27. The summed E-state index contributed by atoms with van der Waals surface area (Å²) >= 11 is 1.86. The second-order valence-corrected chi connectivity index (χ2v) is 17.7. The summed E-state index contributed by atoms with van der Waals surface area (Å²) in [6.07, 6.45) is 7.82. The highest BCUT2D eigenvalue weighted by Crippen LogP contribution is 2.60. The molecule has 4 aliphatic carbocycles. The first kappa shape index (κ1) is 30.5. The highest BCUT2D eigenvalue weighted by Gasteiger charge is 2.53. The van der Waals surface area contributed by atoms with Gasteiger partial charge in [0.15, 0.2) is 11.6 Å². The number of benzene rings is 6. The number of furan rings is 1. The van der Waals surface area contributed by atoms with Crippen LogP contribution in [0.15, 0.2) is 132 Å². The summed E-state index contributed by atoms with van der Waals surface area (Å²) in [6.45, 7) is 0. The molecule has 0 N–H and O–H groups in total. The monoisotopic (exact) mass is 728 g/mol. The minimum absolute atomic E-state index is 0.0650. The Bertz CT molecular complexity index is 3120. The largest absolute Gasteiger partial charge is 0.455 e. The van der Waals surface area contributed by atoms with Crippen LogP contribution in [0.3, 0.4) is 0 Å². The molecular weight excluding hydrogens is 693 g/mol. The first-order valence-electron chi connectivity index (χ1n) is 19.8. The summed E-state index contributed by atoms with van der Waals surface area (Å²) in [5.74, 6) is 5.00. The molecule has 0 spiro atoms. The van der Waals surface area contributed by atoms with Crippen molar-refractivity contribution in [2.45, 2.75) is 43.9 Å². The van der Waals surface area contributed by atoms with Gasteiger partial charge in [-0.05, 0) is 98.7 Å². The molecule has 0 saturated heterocycles. The minimum atomic E-state index is 0.0650. The summed E-state index contributed by atoms with van der Waals surface area (Å²) in [5.41, 5.74) is 7.44. The average Bonchev–Trinajstić information content (AvgIpc) is 3.90. The van der Waals surface area contributed by atoms with E-state index in [1.54, 1.807) is 0 Å². The molecule has 4 aliphatic rings. The molecule has 4 heterocycles. The minimum Gasteiger partial charge on any atom is -0.455 e. The van der Waals surface area contributed by atoms with E-state index in [-0.39, 0.29) is 5.41 Å². The van der Waals surface area contributed by atoms with Crippen molar-refractivity contribution in [1.29, 1.82) is 0 Å². The fraction of sp³-hybridized carbons (Fsp3) is 0.204. The Morgan fingerprint density at radius 3 is 1.93 bits per heavy atom. The maximum atomic E-state index is 6.82. The lowest BCUT2D eigenvalue weighted by molar-refractivity contribution is -0.00938. The first-order valence-corrected chi connectivity index (χ1v) is 20.6. The number of para-hydroxylation sites is 2. The Kier molecular flexibility index (Phi) is 6.16. The zero-order valence-electron chi connectivity index (χ0n) is 30.2. The van der Waals surface area contributed by atoms with Gasteiger partial charge >= 0.3 is 0 Å². The van der Waals surface area contributed by atoms with Gasteiger partial charge in [0, 0.05) is 58.6 Å². The highest BCUT2D eigenvalue weighted by atomic mass is 32.1. The first-order chi connectivity index (χ1) is 27.2. The molecule has 4 aromatic heterocycles. The molecule has 0 aliphatic heterocycles. The maximum Gasteiger partial charge on any atom is 0.163 e. The van der Waals surface area contributed by atoms with Gasteiger partial charge in [0.2, 0.25) is 0 Å². The van der Waals surface area contributed by atoms with Crippen LogP contribution in [0.4, 0.5) is 0 Å². The van der Waals surface area contributed by atoms with Crippen molar-refractivity contribution >= 4 is 75.3 Å². The second-order valence-electron chi connectivity index (χ2n) is 16.6. The van der Waals surface area contributed by atoms with Gasteiger partial charge in [0.25, 0.3) is 0 Å². The van der Waals surface area contributed by atoms with E-state index in [0.717, 1.165) is 79.5 Å². The van der Waals surface area contributed by atoms with E-state index in [9.17, 15) is 0 Å². The fourth-order valence-electron chi connectivity index (χ4n) is 11.5. The van der Waals surface area contributed by atoms with Gasteiger partial charge in [-0.15, -0.1) is 11.3 Å². The lowest BCUT2D eigenvalue weighted by Gasteiger charge is -2.56. The molecule has 6 heteroatoms. The molecule has 4 fully saturated rings. The van der Waals surface area contributed by atoms with Crippen LogP contribution in [-0.4, -0.2) is 19.5 Å². The zero-order chi connectivity index (χ0) is 35.8. The Balaban J connectivity index is 1.04. The lowest BCUT2D eigenvalue weighted by Crippen LogP contribution is -2.49. The van der Waals surface area contributed by atoms with E-state index in [1.807, 2.05) is 11.3 Å². The van der Waals surface area contributed by atoms with E-state index >= 15 is 0 Å². The third-order valence-electron chi connectivity index (χ3n) is 13.3. The van der Waals surface area contributed by atoms with Crippen LogP contribution in [0, 0.1) is 17.8 Å². The topological polar surface area (TPSA) is 56.7 Å². The third-order valence-corrected chi connectivity index (χ3v) is 14.5. The van der Waals surface area contributed by atoms with Crippen molar-refractivity contribution in [2.75, 3.05) is 0 Å². The van der Waals surface area contributed by atoms with Crippen molar-refractivity contribution in [3.05, 3.63) is 133 Å². The number of nitrogens with zero attached hydrogens (tertiary/aromatic N) is 4. The molecule has 0 unspecified atom stereocenters. The Morgan fingerprint density at radius 1 is 0.564 bits per heavy atom. The van der Waals surface area contributed by atoms with Crippen molar-refractivity contribution in [2.24, 2.45) is 17.8 Å². The number of aromatic nitrogens is 4. The Morgan fingerprint density at radius 2 is 1.18 bits per heavy atom. The summed E-state index contributed by atoms with van der Waals surface area (Å²) < 4.78 is 11.8. The van der Waals surface area contributed by atoms with Crippen LogP contribution in [0.2, 0.25) is 0 Å². The molecular formula is C49H36N4OS. The molecule has 6 aromatic carbocycles. The van der Waals surface area contributed by atoms with E-state index in [2.05, 4.69) is 132 Å². The maximum absolute atomic E-state index is 6.82. The van der Waals surface area contributed by atoms with E-state index in [4.69, 9.17) is 19.4 Å². The molecule has 264 valence electrons. The summed E-state index contributed by atoms with van der Waals surface area (Å²) in [4.78, 5) is 15.9. The summed E-state index contributed by atoms with van der Waals surface area (Å²) in [7, 11) is 0. The predicted molar refractivity (Wildman–Crippen MR) is 225 cm³/mol. The molecule has 55 heavy (non-hydrogen) atoms. The van der Waals surface area contributed by atoms with Crippen molar-refractivity contribution < 1.29 is 4.42 Å². The van der Waals surface area contributed by atoms with Crippen LogP contribution in [0.25, 0.3) is 92.4 Å². The fourth-order valence-corrected chi connectivity index (χ4v) is 12.7. The second kappa shape index (κ2) is 11.1. The number of hydrogen-bond donors (Lipinski definition) is 0. The van der Waals surface area contributed by atoms with Crippen molar-refractivity contribution in [1.82, 2.24) is 19.5 Å². The van der Waals surface area contributed by atoms with E-state index in [0.29, 0.717) is 0 Å².